The number of nitrogens with one attached hydrogen (secondary N) is 1. The Hall–Kier alpha value is -3.64. The highest BCUT2D eigenvalue weighted by Gasteiger charge is 2.30. The number of aromatic nitrogens is 3. The van der Waals surface area contributed by atoms with Crippen molar-refractivity contribution in [2.24, 2.45) is 0 Å². The first kappa shape index (κ1) is 26.6. The zero-order valence-electron chi connectivity index (χ0n) is 22.3. The highest BCUT2D eigenvalue weighted by Crippen LogP contribution is 2.33. The molecule has 0 radical (unpaired) electrons. The van der Waals surface area contributed by atoms with Crippen LogP contribution in [0.15, 0.2) is 81.8 Å². The molecule has 0 bridgehead atoms. The fourth-order valence-corrected chi connectivity index (χ4v) is 7.90. The van der Waals surface area contributed by atoms with Crippen LogP contribution in [0.3, 0.4) is 0 Å². The number of para-hydroxylation sites is 1. The lowest BCUT2D eigenvalue weighted by Crippen LogP contribution is -2.50. The first-order valence-corrected chi connectivity index (χ1v) is 15.5. The molecule has 6 rings (SSSR count). The van der Waals surface area contributed by atoms with E-state index in [4.69, 9.17) is 4.52 Å². The van der Waals surface area contributed by atoms with Crippen LogP contribution in [0.25, 0.3) is 32.7 Å². The van der Waals surface area contributed by atoms with Crippen molar-refractivity contribution in [3.63, 3.8) is 0 Å². The van der Waals surface area contributed by atoms with Crippen LogP contribution in [0.4, 0.5) is 5.82 Å². The number of hydrogen-bond donors (Lipinski definition) is 1. The molecule has 5 aromatic rings. The summed E-state index contributed by atoms with van der Waals surface area (Å²) >= 11 is 1.21. The van der Waals surface area contributed by atoms with Gasteiger partial charge in [0.25, 0.3) is 10.0 Å². The van der Waals surface area contributed by atoms with Gasteiger partial charge < -0.3 is 9.84 Å². The van der Waals surface area contributed by atoms with Crippen LogP contribution in [0, 0.1) is 6.92 Å². The van der Waals surface area contributed by atoms with E-state index >= 15 is 0 Å². The quantitative estimate of drug-likeness (QED) is 0.272. The van der Waals surface area contributed by atoms with Gasteiger partial charge in [0.05, 0.1) is 16.1 Å². The smallest absolute Gasteiger partial charge is 0.252 e. The van der Waals surface area contributed by atoms with Gasteiger partial charge in [-0.1, -0.05) is 47.6 Å². The van der Waals surface area contributed by atoms with Crippen molar-refractivity contribution in [1.82, 2.24) is 24.3 Å². The molecule has 1 N–H and O–H groups in total. The van der Waals surface area contributed by atoms with Crippen LogP contribution in [0.5, 0.6) is 0 Å². The van der Waals surface area contributed by atoms with Gasteiger partial charge in [-0.3, -0.25) is 4.90 Å². The second-order valence-corrected chi connectivity index (χ2v) is 13.2. The monoisotopic (exact) mass is 574 g/mol. The third-order valence-electron chi connectivity index (χ3n) is 7.04. The molecule has 0 amide bonds. The van der Waals surface area contributed by atoms with Gasteiger partial charge in [-0.05, 0) is 37.6 Å². The predicted octanol–water partition coefficient (Wildman–Crippen LogP) is 5.13. The lowest BCUT2D eigenvalue weighted by Gasteiger charge is -2.35. The average molecular weight is 575 g/mol. The summed E-state index contributed by atoms with van der Waals surface area (Å²) in [5, 5.41) is 8.43. The molecular weight excluding hydrogens is 544 g/mol. The molecule has 1 aliphatic heterocycles. The molecule has 40 heavy (non-hydrogen) atoms. The Morgan fingerprint density at radius 3 is 2.55 bits per heavy atom. The van der Waals surface area contributed by atoms with E-state index in [1.54, 1.807) is 22.8 Å². The highest BCUT2D eigenvalue weighted by molar-refractivity contribution is 7.91. The first-order chi connectivity index (χ1) is 19.4. The first-order valence-electron chi connectivity index (χ1n) is 13.2. The number of piperazine rings is 1. The minimum atomic E-state index is -3.56. The van der Waals surface area contributed by atoms with Crippen LogP contribution in [0.1, 0.15) is 12.6 Å². The average Bonchev–Trinajstić information content (AvgIpc) is 3.64. The van der Waals surface area contributed by atoms with Crippen molar-refractivity contribution in [2.45, 2.75) is 24.1 Å². The summed E-state index contributed by atoms with van der Waals surface area (Å²) in [6, 6.07) is 21.7. The van der Waals surface area contributed by atoms with E-state index in [-0.39, 0.29) is 6.04 Å². The number of rotatable bonds is 8. The molecule has 0 spiro atoms. The highest BCUT2D eigenvalue weighted by atomic mass is 32.2. The van der Waals surface area contributed by atoms with Crippen molar-refractivity contribution in [3.05, 3.63) is 78.8 Å². The topological polar surface area (TPSA) is 104 Å². The van der Waals surface area contributed by atoms with Crippen molar-refractivity contribution in [3.8, 4) is 21.8 Å². The Kier molecular flexibility index (Phi) is 7.37. The normalized spacial score (nSPS) is 15.8. The number of anilines is 1. The second kappa shape index (κ2) is 11.1. The Labute approximate surface area is 237 Å². The van der Waals surface area contributed by atoms with Gasteiger partial charge in [-0.25, -0.2) is 18.4 Å². The summed E-state index contributed by atoms with van der Waals surface area (Å²) in [7, 11) is -3.56. The fraction of sp³-hybridized carbons (Fsp3) is 0.276. The van der Waals surface area contributed by atoms with Crippen LogP contribution in [0.2, 0.25) is 0 Å². The maximum atomic E-state index is 13.3. The minimum absolute atomic E-state index is 0.104. The Morgan fingerprint density at radius 2 is 1.80 bits per heavy atom. The number of fused-ring (bicyclic) bond motifs is 1. The summed E-state index contributed by atoms with van der Waals surface area (Å²) < 4.78 is 33.8. The molecule has 9 nitrogen and oxygen atoms in total. The molecule has 206 valence electrons. The molecule has 3 aromatic heterocycles. The standard InChI is InChI=1S/C29H30N6O3S2/c1-20-17-25(38-33-20)26-11-12-27(39-26)40(36,37)35-15-13-34(14-16-35)18-21(2)32-29-24-10-6-9-23(28(24)30-19-31-29)22-7-4-3-5-8-22/h3-12,17,19,21H,13-16,18H2,1-2H3,(H,30,31,32)/t21-/m0/s1. The van der Waals surface area contributed by atoms with Crippen LogP contribution in [-0.4, -0.2) is 71.5 Å². The lowest BCUT2D eigenvalue weighted by molar-refractivity contribution is 0.184. The van der Waals surface area contributed by atoms with Gasteiger partial charge in [0.2, 0.25) is 0 Å². The van der Waals surface area contributed by atoms with E-state index < -0.39 is 10.0 Å². The molecule has 0 aliphatic carbocycles. The predicted molar refractivity (Wildman–Crippen MR) is 158 cm³/mol. The Balaban J connectivity index is 1.09. The molecule has 1 fully saturated rings. The van der Waals surface area contributed by atoms with E-state index in [9.17, 15) is 8.42 Å². The number of benzene rings is 2. The van der Waals surface area contributed by atoms with E-state index in [0.29, 0.717) is 36.1 Å². The van der Waals surface area contributed by atoms with Crippen molar-refractivity contribution in [1.29, 1.82) is 0 Å². The van der Waals surface area contributed by atoms with Crippen LogP contribution < -0.4 is 5.32 Å². The van der Waals surface area contributed by atoms with Crippen molar-refractivity contribution >= 4 is 38.1 Å². The van der Waals surface area contributed by atoms with Crippen LogP contribution in [-0.2, 0) is 10.0 Å². The molecule has 4 heterocycles. The number of nitrogens with zero attached hydrogens (tertiary/aromatic N) is 5. The van der Waals surface area contributed by atoms with E-state index in [2.05, 4.69) is 50.5 Å². The summed E-state index contributed by atoms with van der Waals surface area (Å²) in [6.07, 6.45) is 1.60. The van der Waals surface area contributed by atoms with E-state index in [0.717, 1.165) is 45.0 Å². The summed E-state index contributed by atoms with van der Waals surface area (Å²) in [4.78, 5) is 12.2. The second-order valence-electron chi connectivity index (χ2n) is 9.99. The molecule has 0 saturated carbocycles. The minimum Gasteiger partial charge on any atom is -0.366 e. The van der Waals surface area contributed by atoms with Gasteiger partial charge in [-0.2, -0.15) is 4.31 Å². The van der Waals surface area contributed by atoms with Gasteiger partial charge in [0.15, 0.2) is 5.76 Å². The van der Waals surface area contributed by atoms with Gasteiger partial charge in [-0.15, -0.1) is 11.3 Å². The summed E-state index contributed by atoms with van der Waals surface area (Å²) in [5.74, 6) is 1.38. The Bertz CT molecular complexity index is 1730. The molecule has 1 atom stereocenters. The zero-order valence-corrected chi connectivity index (χ0v) is 24.0. The summed E-state index contributed by atoms with van der Waals surface area (Å²) in [5.41, 5.74) is 3.86. The third kappa shape index (κ3) is 5.37. The van der Waals surface area contributed by atoms with Gasteiger partial charge >= 0.3 is 0 Å². The van der Waals surface area contributed by atoms with E-state index in [1.807, 2.05) is 43.3 Å². The maximum absolute atomic E-state index is 13.3. The van der Waals surface area contributed by atoms with Crippen molar-refractivity contribution < 1.29 is 12.9 Å². The number of hydrogen-bond acceptors (Lipinski definition) is 9. The summed E-state index contributed by atoms with van der Waals surface area (Å²) in [6.45, 7) is 6.94. The van der Waals surface area contributed by atoms with Crippen LogP contribution >= 0.6 is 11.3 Å². The maximum Gasteiger partial charge on any atom is 0.252 e. The SMILES string of the molecule is Cc1cc(-c2ccc(S(=O)(=O)N3CCN(C[C@H](C)Nc4ncnc5c(-c6ccccc6)cccc45)CC3)s2)on1. The number of thiophene rings is 1. The lowest BCUT2D eigenvalue weighted by atomic mass is 10.0. The Morgan fingerprint density at radius 1 is 1.00 bits per heavy atom. The fourth-order valence-electron chi connectivity index (χ4n) is 5.07. The molecule has 11 heteroatoms. The molecule has 1 saturated heterocycles. The largest absolute Gasteiger partial charge is 0.366 e. The number of aryl methyl sites for hydroxylation is 1. The molecule has 2 aromatic carbocycles. The van der Waals surface area contributed by atoms with Crippen molar-refractivity contribution in [2.75, 3.05) is 38.0 Å². The number of sulfonamides is 1. The van der Waals surface area contributed by atoms with Gasteiger partial charge in [0.1, 0.15) is 16.4 Å². The molecular formula is C29H30N6O3S2. The van der Waals surface area contributed by atoms with E-state index in [1.165, 1.54) is 11.3 Å². The molecule has 0 unspecified atom stereocenters. The third-order valence-corrected chi connectivity index (χ3v) is 10.5. The van der Waals surface area contributed by atoms with Gasteiger partial charge in [0, 0.05) is 55.8 Å². The molecule has 1 aliphatic rings. The zero-order chi connectivity index (χ0) is 27.7.